The number of amides is 1. The Morgan fingerprint density at radius 2 is 1.41 bits per heavy atom. The number of nitrogens with one attached hydrogen (secondary N) is 1. The van der Waals surface area contributed by atoms with Crippen molar-refractivity contribution in [3.8, 4) is 0 Å². The third-order valence-electron chi connectivity index (χ3n) is 7.61. The fourth-order valence-corrected chi connectivity index (χ4v) is 4.46. The molecule has 0 bridgehead atoms. The van der Waals surface area contributed by atoms with E-state index in [0.29, 0.717) is 0 Å². The number of hydrogen-bond acceptors (Lipinski definition) is 9. The highest BCUT2D eigenvalue weighted by molar-refractivity contribution is 6.62. The second-order valence-electron chi connectivity index (χ2n) is 13.0. The SMILES string of the molecule is COC(=O)C[C@H](CC(=O)OC(C)(C)C)C(=O)N[C@@H](Cc1ccc(B2OC(C)(C)C(C)(C)O2)cc1)C(=O)OCc1ccccc1. The van der Waals surface area contributed by atoms with Gasteiger partial charge in [-0.15, -0.1) is 0 Å². The number of esters is 3. The van der Waals surface area contributed by atoms with Crippen LogP contribution in [0.3, 0.4) is 0 Å². The van der Waals surface area contributed by atoms with Crippen LogP contribution in [0.4, 0.5) is 0 Å². The molecule has 1 saturated heterocycles. The van der Waals surface area contributed by atoms with E-state index < -0.39 is 59.7 Å². The van der Waals surface area contributed by atoms with Crippen molar-refractivity contribution in [3.63, 3.8) is 0 Å². The predicted octanol–water partition coefficient (Wildman–Crippen LogP) is 3.67. The van der Waals surface area contributed by atoms with Gasteiger partial charge in [0, 0.05) is 6.42 Å². The van der Waals surface area contributed by atoms with Crippen LogP contribution < -0.4 is 10.8 Å². The molecule has 0 spiro atoms. The molecule has 0 unspecified atom stereocenters. The summed E-state index contributed by atoms with van der Waals surface area (Å²) in [5.41, 5.74) is 0.576. The van der Waals surface area contributed by atoms with Gasteiger partial charge in [0.15, 0.2) is 0 Å². The molecule has 2 aromatic rings. The van der Waals surface area contributed by atoms with E-state index >= 15 is 0 Å². The first-order chi connectivity index (χ1) is 20.5. The summed E-state index contributed by atoms with van der Waals surface area (Å²) >= 11 is 0. The van der Waals surface area contributed by atoms with E-state index in [4.69, 9.17) is 23.5 Å². The van der Waals surface area contributed by atoms with Crippen molar-refractivity contribution in [2.75, 3.05) is 7.11 Å². The molecule has 0 aliphatic carbocycles. The average Bonchev–Trinajstić information content (AvgIpc) is 3.16. The molecule has 1 aliphatic heterocycles. The van der Waals surface area contributed by atoms with E-state index in [1.54, 1.807) is 20.8 Å². The highest BCUT2D eigenvalue weighted by atomic mass is 16.7. The highest BCUT2D eigenvalue weighted by Crippen LogP contribution is 2.36. The topological polar surface area (TPSA) is 126 Å². The van der Waals surface area contributed by atoms with Crippen LogP contribution >= 0.6 is 0 Å². The second kappa shape index (κ2) is 14.4. The van der Waals surface area contributed by atoms with Gasteiger partial charge in [-0.2, -0.15) is 0 Å². The van der Waals surface area contributed by atoms with E-state index in [9.17, 15) is 19.2 Å². The first-order valence-electron chi connectivity index (χ1n) is 14.7. The van der Waals surface area contributed by atoms with Gasteiger partial charge in [-0.3, -0.25) is 14.4 Å². The number of rotatable bonds is 12. The normalized spacial score (nSPS) is 16.9. The maximum absolute atomic E-state index is 13.5. The number of hydrogen-bond donors (Lipinski definition) is 1. The van der Waals surface area contributed by atoms with Crippen LogP contribution in [-0.4, -0.2) is 60.9 Å². The first kappa shape index (κ1) is 34.8. The van der Waals surface area contributed by atoms with Gasteiger partial charge in [-0.25, -0.2) is 4.79 Å². The summed E-state index contributed by atoms with van der Waals surface area (Å²) in [6.07, 6.45) is -0.636. The smallest absolute Gasteiger partial charge is 0.469 e. The van der Waals surface area contributed by atoms with Gasteiger partial charge in [0.2, 0.25) is 5.91 Å². The molecule has 1 heterocycles. The lowest BCUT2D eigenvalue weighted by Crippen LogP contribution is -2.46. The van der Waals surface area contributed by atoms with Crippen LogP contribution in [0.1, 0.15) is 72.4 Å². The van der Waals surface area contributed by atoms with Crippen molar-refractivity contribution >= 4 is 36.4 Å². The molecule has 11 heteroatoms. The average molecular weight is 610 g/mol. The zero-order chi connectivity index (χ0) is 32.7. The Morgan fingerprint density at radius 3 is 1.95 bits per heavy atom. The highest BCUT2D eigenvalue weighted by Gasteiger charge is 2.51. The third-order valence-corrected chi connectivity index (χ3v) is 7.61. The molecule has 0 aromatic heterocycles. The van der Waals surface area contributed by atoms with Gasteiger partial charge < -0.3 is 28.8 Å². The lowest BCUT2D eigenvalue weighted by atomic mass is 9.78. The molecule has 1 N–H and O–H groups in total. The molecular weight excluding hydrogens is 565 g/mol. The molecular formula is C33H44BNO9. The predicted molar refractivity (Wildman–Crippen MR) is 165 cm³/mol. The largest absolute Gasteiger partial charge is 0.494 e. The number of methoxy groups -OCH3 is 1. The summed E-state index contributed by atoms with van der Waals surface area (Å²) in [7, 11) is 0.647. The van der Waals surface area contributed by atoms with Crippen molar-refractivity contribution in [2.45, 2.75) is 97.2 Å². The van der Waals surface area contributed by atoms with Crippen LogP contribution in [-0.2, 0) is 55.7 Å². The standard InChI is InChI=1S/C33H44BNO9/c1-31(2,3)42-28(37)20-24(19-27(36)40-8)29(38)35-26(30(39)41-21-23-12-10-9-11-13-23)18-22-14-16-25(17-15-22)34-43-32(4,5)33(6,7)44-34/h9-17,24,26H,18-21H2,1-8H3,(H,35,38)/t24-,26+/m1/s1. The molecule has 2 atom stereocenters. The number of carbonyl (C=O) groups is 4. The van der Waals surface area contributed by atoms with Gasteiger partial charge in [0.1, 0.15) is 18.2 Å². The van der Waals surface area contributed by atoms with E-state index in [-0.39, 0.29) is 25.9 Å². The van der Waals surface area contributed by atoms with E-state index in [1.165, 1.54) is 7.11 Å². The number of ether oxygens (including phenoxy) is 3. The maximum Gasteiger partial charge on any atom is 0.494 e. The molecule has 238 valence electrons. The summed E-state index contributed by atoms with van der Waals surface area (Å²) in [6.45, 7) is 13.0. The Morgan fingerprint density at radius 1 is 0.841 bits per heavy atom. The van der Waals surface area contributed by atoms with Gasteiger partial charge in [0.05, 0.1) is 37.1 Å². The summed E-state index contributed by atoms with van der Waals surface area (Å²) < 4.78 is 27.9. The number of carbonyl (C=O) groups excluding carboxylic acids is 4. The summed E-state index contributed by atoms with van der Waals surface area (Å²) in [5, 5.41) is 2.71. The maximum atomic E-state index is 13.5. The lowest BCUT2D eigenvalue weighted by Gasteiger charge is -2.32. The van der Waals surface area contributed by atoms with E-state index in [2.05, 4.69) is 5.32 Å². The molecule has 10 nitrogen and oxygen atoms in total. The molecule has 3 rings (SSSR count). The summed E-state index contributed by atoms with van der Waals surface area (Å²) in [4.78, 5) is 51.5. The van der Waals surface area contributed by atoms with Gasteiger partial charge in [-0.1, -0.05) is 54.6 Å². The Hall–Kier alpha value is -3.70. The monoisotopic (exact) mass is 609 g/mol. The van der Waals surface area contributed by atoms with Crippen molar-refractivity contribution in [2.24, 2.45) is 5.92 Å². The summed E-state index contributed by atoms with van der Waals surface area (Å²) in [5.74, 6) is -3.77. The minimum Gasteiger partial charge on any atom is -0.469 e. The Balaban J connectivity index is 1.79. The fourth-order valence-electron chi connectivity index (χ4n) is 4.46. The Bertz CT molecular complexity index is 1290. The van der Waals surface area contributed by atoms with Crippen LogP contribution in [0.15, 0.2) is 54.6 Å². The lowest BCUT2D eigenvalue weighted by molar-refractivity contribution is -0.158. The number of benzene rings is 2. The van der Waals surface area contributed by atoms with Crippen molar-refractivity contribution in [1.29, 1.82) is 0 Å². The third kappa shape index (κ3) is 9.92. The Labute approximate surface area is 260 Å². The van der Waals surface area contributed by atoms with Gasteiger partial charge in [-0.05, 0) is 65.1 Å². The van der Waals surface area contributed by atoms with Crippen LogP contribution in [0.5, 0.6) is 0 Å². The van der Waals surface area contributed by atoms with E-state index in [0.717, 1.165) is 16.6 Å². The van der Waals surface area contributed by atoms with Gasteiger partial charge >= 0.3 is 25.0 Å². The molecule has 0 saturated carbocycles. The zero-order valence-corrected chi connectivity index (χ0v) is 26.9. The van der Waals surface area contributed by atoms with Crippen molar-refractivity contribution in [3.05, 3.63) is 65.7 Å². The van der Waals surface area contributed by atoms with Gasteiger partial charge in [0.25, 0.3) is 0 Å². The fraction of sp³-hybridized carbons (Fsp3) is 0.515. The summed E-state index contributed by atoms with van der Waals surface area (Å²) in [6, 6.07) is 15.4. The molecule has 1 amide bonds. The molecule has 2 aromatic carbocycles. The molecule has 0 radical (unpaired) electrons. The quantitative estimate of drug-likeness (QED) is 0.218. The van der Waals surface area contributed by atoms with Crippen molar-refractivity contribution in [1.82, 2.24) is 5.32 Å². The van der Waals surface area contributed by atoms with E-state index in [1.807, 2.05) is 82.3 Å². The minimum atomic E-state index is -1.12. The molecule has 1 aliphatic rings. The van der Waals surface area contributed by atoms with Crippen molar-refractivity contribution < 1.29 is 42.7 Å². The second-order valence-corrected chi connectivity index (χ2v) is 13.0. The van der Waals surface area contributed by atoms with Crippen LogP contribution in [0.2, 0.25) is 0 Å². The zero-order valence-electron chi connectivity index (χ0n) is 26.9. The minimum absolute atomic E-state index is 0.0103. The van der Waals surface area contributed by atoms with Crippen LogP contribution in [0, 0.1) is 5.92 Å². The first-order valence-corrected chi connectivity index (χ1v) is 14.7. The molecule has 44 heavy (non-hydrogen) atoms. The molecule has 1 fully saturated rings. The van der Waals surface area contributed by atoms with Crippen LogP contribution in [0.25, 0.3) is 0 Å². The Kier molecular flexibility index (Phi) is 11.4.